The van der Waals surface area contributed by atoms with E-state index in [1.165, 1.54) is 24.9 Å². The van der Waals surface area contributed by atoms with Crippen LogP contribution in [0.2, 0.25) is 0 Å². The van der Waals surface area contributed by atoms with Crippen molar-refractivity contribution in [2.24, 2.45) is 5.73 Å². The van der Waals surface area contributed by atoms with Gasteiger partial charge in [-0.15, -0.1) is 11.8 Å². The maximum atomic E-state index is 14.1. The summed E-state index contributed by atoms with van der Waals surface area (Å²) in [6.45, 7) is 0. The molecule has 1 fully saturated rings. The Morgan fingerprint density at radius 3 is 2.28 bits per heavy atom. The highest BCUT2D eigenvalue weighted by molar-refractivity contribution is 7.98. The molecule has 1 aliphatic carbocycles. The summed E-state index contributed by atoms with van der Waals surface area (Å²) in [5.74, 6) is 0.703. The van der Waals surface area contributed by atoms with Crippen LogP contribution in [0.15, 0.2) is 11.0 Å². The van der Waals surface area contributed by atoms with Crippen molar-refractivity contribution < 1.29 is 13.9 Å². The second kappa shape index (κ2) is 4.97. The normalized spacial score (nSPS) is 17.2. The van der Waals surface area contributed by atoms with Gasteiger partial charge in [0.05, 0.1) is 19.1 Å². The van der Waals surface area contributed by atoms with Crippen molar-refractivity contribution in [1.29, 1.82) is 0 Å². The van der Waals surface area contributed by atoms with E-state index in [0.717, 1.165) is 19.3 Å². The number of nitrogens with two attached hydrogens (primary N) is 1. The number of benzene rings is 1. The fraction of sp³-hybridized carbons (Fsp3) is 0.538. The number of rotatable bonds is 4. The summed E-state index contributed by atoms with van der Waals surface area (Å²) < 4.78 is 24.8. The molecule has 0 saturated heterocycles. The number of ether oxygens (including phenoxy) is 2. The smallest absolute Gasteiger partial charge is 0.177 e. The molecule has 0 amide bonds. The Balaban J connectivity index is 2.63. The van der Waals surface area contributed by atoms with Crippen LogP contribution in [-0.4, -0.2) is 20.5 Å². The van der Waals surface area contributed by atoms with E-state index >= 15 is 0 Å². The van der Waals surface area contributed by atoms with Crippen molar-refractivity contribution in [2.45, 2.75) is 29.7 Å². The van der Waals surface area contributed by atoms with Crippen molar-refractivity contribution >= 4 is 11.8 Å². The standard InChI is InChI=1S/C13H18FNO2S/c1-16-10-8(13(15)5-4-6-13)7-9(14)12(18-3)11(10)17-2/h7H,4-6,15H2,1-3H3. The monoisotopic (exact) mass is 271 g/mol. The van der Waals surface area contributed by atoms with Gasteiger partial charge in [-0.25, -0.2) is 4.39 Å². The Morgan fingerprint density at radius 1 is 1.28 bits per heavy atom. The minimum absolute atomic E-state index is 0.299. The lowest BCUT2D eigenvalue weighted by Gasteiger charge is -2.39. The van der Waals surface area contributed by atoms with Gasteiger partial charge in [0.15, 0.2) is 11.5 Å². The third kappa shape index (κ3) is 1.95. The van der Waals surface area contributed by atoms with Crippen molar-refractivity contribution in [1.82, 2.24) is 0 Å². The highest BCUT2D eigenvalue weighted by Crippen LogP contribution is 2.49. The van der Waals surface area contributed by atoms with Crippen LogP contribution >= 0.6 is 11.8 Å². The second-order valence-electron chi connectivity index (χ2n) is 4.52. The minimum atomic E-state index is -0.476. The first kappa shape index (κ1) is 13.5. The molecular weight excluding hydrogens is 253 g/mol. The van der Waals surface area contributed by atoms with E-state index in [2.05, 4.69) is 0 Å². The molecule has 3 nitrogen and oxygen atoms in total. The fourth-order valence-corrected chi connectivity index (χ4v) is 2.98. The maximum absolute atomic E-state index is 14.1. The first-order valence-corrected chi connectivity index (χ1v) is 7.07. The predicted octanol–water partition coefficient (Wildman–Crippen LogP) is 2.90. The lowest BCUT2D eigenvalue weighted by atomic mass is 9.72. The largest absolute Gasteiger partial charge is 0.492 e. The molecule has 0 heterocycles. The molecule has 1 saturated carbocycles. The molecule has 2 N–H and O–H groups in total. The van der Waals surface area contributed by atoms with Gasteiger partial charge in [-0.2, -0.15) is 0 Å². The quantitative estimate of drug-likeness (QED) is 0.855. The van der Waals surface area contributed by atoms with Crippen LogP contribution in [-0.2, 0) is 5.54 Å². The molecule has 5 heteroatoms. The van der Waals surface area contributed by atoms with Gasteiger partial charge in [0.1, 0.15) is 5.82 Å². The fourth-order valence-electron chi connectivity index (χ4n) is 2.37. The summed E-state index contributed by atoms with van der Waals surface area (Å²) in [5.41, 5.74) is 6.51. The zero-order chi connectivity index (χ0) is 13.3. The molecule has 1 aliphatic rings. The number of methoxy groups -OCH3 is 2. The first-order chi connectivity index (χ1) is 8.57. The molecule has 1 aromatic carbocycles. The van der Waals surface area contributed by atoms with Crippen LogP contribution in [0, 0.1) is 5.82 Å². The summed E-state index contributed by atoms with van der Waals surface area (Å²) in [4.78, 5) is 0.459. The molecule has 1 aromatic rings. The molecular formula is C13H18FNO2S. The average Bonchev–Trinajstić information content (AvgIpc) is 2.34. The zero-order valence-electron chi connectivity index (χ0n) is 10.9. The van der Waals surface area contributed by atoms with E-state index in [9.17, 15) is 4.39 Å². The molecule has 0 spiro atoms. The van der Waals surface area contributed by atoms with Gasteiger partial charge >= 0.3 is 0 Å². The minimum Gasteiger partial charge on any atom is -0.492 e. The Morgan fingerprint density at radius 2 is 1.89 bits per heavy atom. The van der Waals surface area contributed by atoms with E-state index in [4.69, 9.17) is 15.2 Å². The van der Waals surface area contributed by atoms with Gasteiger partial charge < -0.3 is 15.2 Å². The maximum Gasteiger partial charge on any atom is 0.177 e. The highest BCUT2D eigenvalue weighted by atomic mass is 32.2. The van der Waals surface area contributed by atoms with Crippen LogP contribution in [0.1, 0.15) is 24.8 Å². The SMILES string of the molecule is COc1c(C2(N)CCC2)cc(F)c(SC)c1OC. The molecule has 18 heavy (non-hydrogen) atoms. The summed E-state index contributed by atoms with van der Waals surface area (Å²) in [5, 5.41) is 0. The first-order valence-electron chi connectivity index (χ1n) is 5.85. The lowest BCUT2D eigenvalue weighted by molar-refractivity contribution is 0.238. The summed E-state index contributed by atoms with van der Waals surface area (Å²) in [7, 11) is 3.08. The van der Waals surface area contributed by atoms with E-state index in [1.54, 1.807) is 7.11 Å². The number of hydrogen-bond acceptors (Lipinski definition) is 4. The van der Waals surface area contributed by atoms with Gasteiger partial charge in [0.2, 0.25) is 0 Å². The predicted molar refractivity (Wildman–Crippen MR) is 71.0 cm³/mol. The van der Waals surface area contributed by atoms with Gasteiger partial charge in [-0.05, 0) is 31.6 Å². The third-order valence-electron chi connectivity index (χ3n) is 3.54. The van der Waals surface area contributed by atoms with Gasteiger partial charge in [0.25, 0.3) is 0 Å². The Hall–Kier alpha value is -0.940. The number of hydrogen-bond donors (Lipinski definition) is 1. The van der Waals surface area contributed by atoms with E-state index in [-0.39, 0.29) is 5.82 Å². The van der Waals surface area contributed by atoms with Crippen LogP contribution in [0.5, 0.6) is 11.5 Å². The average molecular weight is 271 g/mol. The highest BCUT2D eigenvalue weighted by Gasteiger charge is 2.39. The zero-order valence-corrected chi connectivity index (χ0v) is 11.7. The van der Waals surface area contributed by atoms with Crippen molar-refractivity contribution in [2.75, 3.05) is 20.5 Å². The van der Waals surface area contributed by atoms with E-state index < -0.39 is 5.54 Å². The van der Waals surface area contributed by atoms with Crippen LogP contribution in [0.4, 0.5) is 4.39 Å². The van der Waals surface area contributed by atoms with Crippen molar-refractivity contribution in [3.05, 3.63) is 17.4 Å². The summed E-state index contributed by atoms with van der Waals surface area (Å²) >= 11 is 1.30. The number of thioether (sulfide) groups is 1. The van der Waals surface area contributed by atoms with Crippen LogP contribution in [0.3, 0.4) is 0 Å². The van der Waals surface area contributed by atoms with Gasteiger partial charge in [-0.3, -0.25) is 0 Å². The van der Waals surface area contributed by atoms with Gasteiger partial charge in [-0.1, -0.05) is 0 Å². The Labute approximate surface area is 111 Å². The van der Waals surface area contributed by atoms with Gasteiger partial charge in [0, 0.05) is 11.1 Å². The Kier molecular flexibility index (Phi) is 3.73. The third-order valence-corrected chi connectivity index (χ3v) is 4.33. The molecule has 0 unspecified atom stereocenters. The second-order valence-corrected chi connectivity index (χ2v) is 5.33. The Bertz CT molecular complexity index is 461. The molecule has 0 aliphatic heterocycles. The molecule has 100 valence electrons. The molecule has 0 aromatic heterocycles. The van der Waals surface area contributed by atoms with Crippen molar-refractivity contribution in [3.8, 4) is 11.5 Å². The molecule has 2 rings (SSSR count). The van der Waals surface area contributed by atoms with E-state index in [1.807, 2.05) is 6.26 Å². The van der Waals surface area contributed by atoms with Crippen LogP contribution < -0.4 is 15.2 Å². The lowest BCUT2D eigenvalue weighted by Crippen LogP contribution is -2.43. The summed E-state index contributed by atoms with van der Waals surface area (Å²) in [6.07, 6.45) is 4.57. The topological polar surface area (TPSA) is 44.5 Å². The van der Waals surface area contributed by atoms with Crippen molar-refractivity contribution in [3.63, 3.8) is 0 Å². The molecule has 0 atom stereocenters. The number of halogens is 1. The van der Waals surface area contributed by atoms with E-state index in [0.29, 0.717) is 22.0 Å². The molecule has 0 bridgehead atoms. The molecule has 0 radical (unpaired) electrons. The summed E-state index contributed by atoms with van der Waals surface area (Å²) in [6, 6.07) is 1.49. The van der Waals surface area contributed by atoms with Crippen LogP contribution in [0.25, 0.3) is 0 Å².